The molecule has 1 atom stereocenters. The molecule has 0 unspecified atom stereocenters. The summed E-state index contributed by atoms with van der Waals surface area (Å²) in [6, 6.07) is 0. The Morgan fingerprint density at radius 3 is 2.46 bits per heavy atom. The van der Waals surface area contributed by atoms with E-state index in [1.807, 2.05) is 27.7 Å². The monoisotopic (exact) mass is 188 g/mol. The van der Waals surface area contributed by atoms with E-state index in [0.717, 1.165) is 0 Å². The molecule has 0 spiro atoms. The molecule has 0 aromatic rings. The third-order valence-electron chi connectivity index (χ3n) is 1.53. The number of nitrogens with one attached hydrogen (secondary N) is 1. The van der Waals surface area contributed by atoms with E-state index in [9.17, 15) is 4.79 Å². The summed E-state index contributed by atoms with van der Waals surface area (Å²) in [7, 11) is 0. The van der Waals surface area contributed by atoms with E-state index in [2.05, 4.69) is 5.43 Å². The van der Waals surface area contributed by atoms with Crippen LogP contribution in [0.2, 0.25) is 0 Å². The highest BCUT2D eigenvalue weighted by Crippen LogP contribution is 2.12. The Kier molecular flexibility index (Phi) is 4.95. The smallest absolute Gasteiger partial charge is 0.309 e. The zero-order valence-corrected chi connectivity index (χ0v) is 8.89. The molecule has 4 nitrogen and oxygen atoms in total. The molecule has 13 heavy (non-hydrogen) atoms. The summed E-state index contributed by atoms with van der Waals surface area (Å²) in [4.78, 5) is 11.4. The number of hydrazine groups is 1. The van der Waals surface area contributed by atoms with E-state index < -0.39 is 5.60 Å². The molecule has 0 radical (unpaired) electrons. The lowest BCUT2D eigenvalue weighted by Crippen LogP contribution is -2.30. The van der Waals surface area contributed by atoms with Crippen LogP contribution in [0.5, 0.6) is 0 Å². The second kappa shape index (κ2) is 5.19. The maximum atomic E-state index is 11.4. The van der Waals surface area contributed by atoms with Crippen LogP contribution in [0, 0.1) is 5.92 Å². The minimum absolute atomic E-state index is 0.102. The van der Waals surface area contributed by atoms with E-state index in [1.54, 1.807) is 0 Å². The maximum absolute atomic E-state index is 11.4. The van der Waals surface area contributed by atoms with Crippen LogP contribution in [0.3, 0.4) is 0 Å². The summed E-state index contributed by atoms with van der Waals surface area (Å²) in [6.07, 6.45) is 0.700. The number of hydrogen-bond acceptors (Lipinski definition) is 4. The molecular formula is C9H20N2O2. The third-order valence-corrected chi connectivity index (χ3v) is 1.53. The van der Waals surface area contributed by atoms with Gasteiger partial charge in [0.15, 0.2) is 0 Å². The molecule has 0 fully saturated rings. The van der Waals surface area contributed by atoms with E-state index in [4.69, 9.17) is 10.6 Å². The van der Waals surface area contributed by atoms with Gasteiger partial charge in [0.05, 0.1) is 5.92 Å². The van der Waals surface area contributed by atoms with Crippen molar-refractivity contribution in [3.63, 3.8) is 0 Å². The first kappa shape index (κ1) is 12.4. The fourth-order valence-corrected chi connectivity index (χ4v) is 0.820. The number of esters is 1. The minimum Gasteiger partial charge on any atom is -0.460 e. The fourth-order valence-electron chi connectivity index (χ4n) is 0.820. The van der Waals surface area contributed by atoms with Crippen molar-refractivity contribution in [2.75, 3.05) is 6.54 Å². The molecule has 0 rings (SSSR count). The van der Waals surface area contributed by atoms with Gasteiger partial charge in [-0.3, -0.25) is 16.1 Å². The van der Waals surface area contributed by atoms with Crippen LogP contribution in [0.15, 0.2) is 0 Å². The van der Waals surface area contributed by atoms with Crippen molar-refractivity contribution >= 4 is 5.97 Å². The van der Waals surface area contributed by atoms with Crippen LogP contribution in [0.25, 0.3) is 0 Å². The van der Waals surface area contributed by atoms with Gasteiger partial charge in [-0.15, -0.1) is 0 Å². The van der Waals surface area contributed by atoms with Gasteiger partial charge in [0.25, 0.3) is 0 Å². The highest BCUT2D eigenvalue weighted by atomic mass is 16.6. The second-order valence-corrected chi connectivity index (χ2v) is 4.18. The number of carbonyl (C=O) groups excluding carboxylic acids is 1. The Labute approximate surface area is 79.8 Å². The molecule has 3 N–H and O–H groups in total. The standard InChI is InChI=1S/C9H20N2O2/c1-7(5-6-11-10)8(12)13-9(2,3)4/h7,11H,5-6,10H2,1-4H3/t7-/m1/s1. The Bertz CT molecular complexity index is 163. The average Bonchev–Trinajstić information content (AvgIpc) is 1.96. The SMILES string of the molecule is C[C@H](CCNN)C(=O)OC(C)(C)C. The minimum atomic E-state index is -0.401. The van der Waals surface area contributed by atoms with Gasteiger partial charge in [-0.25, -0.2) is 0 Å². The zero-order chi connectivity index (χ0) is 10.5. The molecule has 0 aromatic carbocycles. The third kappa shape index (κ3) is 6.54. The first-order valence-corrected chi connectivity index (χ1v) is 4.53. The molecule has 0 bridgehead atoms. The summed E-state index contributed by atoms with van der Waals surface area (Å²) >= 11 is 0. The predicted octanol–water partition coefficient (Wildman–Crippen LogP) is 0.818. The summed E-state index contributed by atoms with van der Waals surface area (Å²) in [6.45, 7) is 8.04. The number of hydrogen-bond donors (Lipinski definition) is 2. The maximum Gasteiger partial charge on any atom is 0.309 e. The molecule has 0 heterocycles. The lowest BCUT2D eigenvalue weighted by Gasteiger charge is -2.22. The normalized spacial score (nSPS) is 13.9. The van der Waals surface area contributed by atoms with E-state index in [0.29, 0.717) is 13.0 Å². The Morgan fingerprint density at radius 1 is 1.54 bits per heavy atom. The quantitative estimate of drug-likeness (QED) is 0.389. The van der Waals surface area contributed by atoms with Crippen molar-refractivity contribution in [1.82, 2.24) is 5.43 Å². The molecule has 0 aliphatic rings. The van der Waals surface area contributed by atoms with Gasteiger partial charge in [-0.2, -0.15) is 0 Å². The van der Waals surface area contributed by atoms with Crippen LogP contribution in [-0.2, 0) is 9.53 Å². The summed E-state index contributed by atoms with van der Waals surface area (Å²) < 4.78 is 5.19. The molecule has 0 saturated heterocycles. The topological polar surface area (TPSA) is 64.3 Å². The molecule has 0 saturated carbocycles. The Hall–Kier alpha value is -0.610. The molecule has 0 aliphatic heterocycles. The van der Waals surface area contributed by atoms with Gasteiger partial charge in [-0.05, 0) is 27.2 Å². The van der Waals surface area contributed by atoms with Crippen molar-refractivity contribution in [3.8, 4) is 0 Å². The van der Waals surface area contributed by atoms with E-state index in [1.165, 1.54) is 0 Å². The highest BCUT2D eigenvalue weighted by Gasteiger charge is 2.20. The largest absolute Gasteiger partial charge is 0.460 e. The fraction of sp³-hybridized carbons (Fsp3) is 0.889. The number of carbonyl (C=O) groups is 1. The summed E-state index contributed by atoms with van der Waals surface area (Å²) in [5, 5.41) is 0. The first-order chi connectivity index (χ1) is 5.87. The van der Waals surface area contributed by atoms with Crippen molar-refractivity contribution in [1.29, 1.82) is 0 Å². The van der Waals surface area contributed by atoms with Gasteiger partial charge in [0, 0.05) is 6.54 Å². The van der Waals surface area contributed by atoms with Crippen LogP contribution in [0.1, 0.15) is 34.1 Å². The van der Waals surface area contributed by atoms with Crippen LogP contribution in [0.4, 0.5) is 0 Å². The Balaban J connectivity index is 3.83. The number of ether oxygens (including phenoxy) is 1. The average molecular weight is 188 g/mol. The molecule has 0 amide bonds. The summed E-state index contributed by atoms with van der Waals surface area (Å²) in [5.74, 6) is 4.84. The molecule has 0 aromatic heterocycles. The lowest BCUT2D eigenvalue weighted by molar-refractivity contribution is -0.159. The van der Waals surface area contributed by atoms with Crippen LogP contribution >= 0.6 is 0 Å². The van der Waals surface area contributed by atoms with Gasteiger partial charge in [0.1, 0.15) is 5.60 Å². The number of rotatable bonds is 4. The van der Waals surface area contributed by atoms with Gasteiger partial charge >= 0.3 is 5.97 Å². The Morgan fingerprint density at radius 2 is 2.08 bits per heavy atom. The van der Waals surface area contributed by atoms with Gasteiger partial charge in [0.2, 0.25) is 0 Å². The lowest BCUT2D eigenvalue weighted by atomic mass is 10.1. The van der Waals surface area contributed by atoms with Crippen molar-refractivity contribution in [2.24, 2.45) is 11.8 Å². The summed E-state index contributed by atoms with van der Waals surface area (Å²) in [5.41, 5.74) is 2.11. The van der Waals surface area contributed by atoms with E-state index in [-0.39, 0.29) is 11.9 Å². The van der Waals surface area contributed by atoms with Gasteiger partial charge < -0.3 is 4.74 Å². The molecule has 78 valence electrons. The zero-order valence-electron chi connectivity index (χ0n) is 8.89. The predicted molar refractivity (Wildman–Crippen MR) is 51.8 cm³/mol. The molecule has 0 aliphatic carbocycles. The van der Waals surface area contributed by atoms with Gasteiger partial charge in [-0.1, -0.05) is 6.92 Å². The second-order valence-electron chi connectivity index (χ2n) is 4.18. The van der Waals surface area contributed by atoms with Crippen LogP contribution < -0.4 is 11.3 Å². The first-order valence-electron chi connectivity index (χ1n) is 4.53. The van der Waals surface area contributed by atoms with Crippen molar-refractivity contribution in [3.05, 3.63) is 0 Å². The van der Waals surface area contributed by atoms with E-state index >= 15 is 0 Å². The highest BCUT2D eigenvalue weighted by molar-refractivity contribution is 5.72. The number of nitrogens with two attached hydrogens (primary N) is 1. The van der Waals surface area contributed by atoms with Crippen LogP contribution in [-0.4, -0.2) is 18.1 Å². The van der Waals surface area contributed by atoms with Crippen molar-refractivity contribution < 1.29 is 9.53 Å². The van der Waals surface area contributed by atoms with Crippen molar-refractivity contribution in [2.45, 2.75) is 39.7 Å². The molecular weight excluding hydrogens is 168 g/mol. The molecule has 4 heteroatoms.